The lowest BCUT2D eigenvalue weighted by molar-refractivity contribution is -0.138. The van der Waals surface area contributed by atoms with E-state index in [1.54, 1.807) is 11.9 Å². The molecule has 0 aromatic carbocycles. The van der Waals surface area contributed by atoms with Gasteiger partial charge < -0.3 is 20.6 Å². The van der Waals surface area contributed by atoms with Crippen molar-refractivity contribution in [3.8, 4) is 0 Å². The Morgan fingerprint density at radius 2 is 2.11 bits per heavy atom. The van der Waals surface area contributed by atoms with E-state index in [2.05, 4.69) is 10.6 Å². The summed E-state index contributed by atoms with van der Waals surface area (Å²) in [5, 5.41) is 13.9. The minimum absolute atomic E-state index is 0.0240. The molecule has 1 unspecified atom stereocenters. The van der Waals surface area contributed by atoms with E-state index in [9.17, 15) is 14.4 Å². The standard InChI is InChI=1S/C12H21N3O4/c1-13-10(16)4-5-14-12(19)15-6-2-3-9(8-15)7-11(17)18/h9H,2-8H2,1H3,(H,13,16)(H,14,19)(H,17,18). The average Bonchev–Trinajstić information content (AvgIpc) is 2.37. The highest BCUT2D eigenvalue weighted by atomic mass is 16.4. The van der Waals surface area contributed by atoms with Gasteiger partial charge in [0.05, 0.1) is 0 Å². The smallest absolute Gasteiger partial charge is 0.317 e. The van der Waals surface area contributed by atoms with Gasteiger partial charge in [-0.3, -0.25) is 9.59 Å². The number of piperidine rings is 1. The van der Waals surface area contributed by atoms with Crippen LogP contribution in [-0.2, 0) is 9.59 Å². The Morgan fingerprint density at radius 1 is 1.37 bits per heavy atom. The van der Waals surface area contributed by atoms with Crippen molar-refractivity contribution in [3.05, 3.63) is 0 Å². The van der Waals surface area contributed by atoms with Crippen molar-refractivity contribution >= 4 is 17.9 Å². The summed E-state index contributed by atoms with van der Waals surface area (Å²) in [6, 6.07) is -0.223. The molecule has 19 heavy (non-hydrogen) atoms. The fraction of sp³-hybridized carbons (Fsp3) is 0.750. The van der Waals surface area contributed by atoms with Crippen LogP contribution in [0.15, 0.2) is 0 Å². The van der Waals surface area contributed by atoms with E-state index in [0.29, 0.717) is 19.6 Å². The van der Waals surface area contributed by atoms with Crippen LogP contribution in [0.4, 0.5) is 4.79 Å². The van der Waals surface area contributed by atoms with E-state index < -0.39 is 5.97 Å². The second kappa shape index (κ2) is 7.60. The third-order valence-corrected chi connectivity index (χ3v) is 3.18. The summed E-state index contributed by atoms with van der Waals surface area (Å²) in [5.41, 5.74) is 0. The number of nitrogens with one attached hydrogen (secondary N) is 2. The minimum Gasteiger partial charge on any atom is -0.481 e. The summed E-state index contributed by atoms with van der Waals surface area (Å²) in [6.07, 6.45) is 2.01. The molecular formula is C12H21N3O4. The Balaban J connectivity index is 2.31. The van der Waals surface area contributed by atoms with Crippen LogP contribution in [-0.4, -0.2) is 54.6 Å². The molecule has 1 heterocycles. The van der Waals surface area contributed by atoms with Gasteiger partial charge in [0.2, 0.25) is 5.91 Å². The fourth-order valence-corrected chi connectivity index (χ4v) is 2.18. The summed E-state index contributed by atoms with van der Waals surface area (Å²) >= 11 is 0. The maximum Gasteiger partial charge on any atom is 0.317 e. The Morgan fingerprint density at radius 3 is 2.74 bits per heavy atom. The Kier molecular flexibility index (Phi) is 6.11. The predicted octanol–water partition coefficient (Wildman–Crippen LogP) is 0.0188. The van der Waals surface area contributed by atoms with Gasteiger partial charge in [-0.2, -0.15) is 0 Å². The van der Waals surface area contributed by atoms with Gasteiger partial charge in [0.25, 0.3) is 0 Å². The van der Waals surface area contributed by atoms with Crippen molar-refractivity contribution in [2.45, 2.75) is 25.7 Å². The molecule has 7 heteroatoms. The Bertz CT molecular complexity index is 346. The number of hydrogen-bond donors (Lipinski definition) is 3. The number of carboxylic acids is 1. The van der Waals surface area contributed by atoms with Crippen molar-refractivity contribution in [2.75, 3.05) is 26.7 Å². The first-order valence-corrected chi connectivity index (χ1v) is 6.48. The molecule has 1 rings (SSSR count). The average molecular weight is 271 g/mol. The number of urea groups is 1. The van der Waals surface area contributed by atoms with Gasteiger partial charge >= 0.3 is 12.0 Å². The Labute approximate surface area is 112 Å². The normalized spacial score (nSPS) is 18.8. The first-order valence-electron chi connectivity index (χ1n) is 6.48. The zero-order valence-electron chi connectivity index (χ0n) is 11.1. The van der Waals surface area contributed by atoms with Gasteiger partial charge in [0, 0.05) is 39.5 Å². The van der Waals surface area contributed by atoms with E-state index in [1.165, 1.54) is 0 Å². The lowest BCUT2D eigenvalue weighted by Crippen LogP contribution is -2.46. The van der Waals surface area contributed by atoms with E-state index in [-0.39, 0.29) is 30.7 Å². The summed E-state index contributed by atoms with van der Waals surface area (Å²) in [4.78, 5) is 35.1. The third kappa shape index (κ3) is 5.58. The summed E-state index contributed by atoms with van der Waals surface area (Å²) in [5.74, 6) is -0.925. The topological polar surface area (TPSA) is 98.7 Å². The second-order valence-corrected chi connectivity index (χ2v) is 4.71. The van der Waals surface area contributed by atoms with Crippen LogP contribution in [0.5, 0.6) is 0 Å². The van der Waals surface area contributed by atoms with Crippen LogP contribution < -0.4 is 10.6 Å². The van der Waals surface area contributed by atoms with Gasteiger partial charge in [0.1, 0.15) is 0 Å². The molecule has 0 radical (unpaired) electrons. The monoisotopic (exact) mass is 271 g/mol. The van der Waals surface area contributed by atoms with Gasteiger partial charge in [-0.05, 0) is 18.8 Å². The number of carboxylic acid groups (broad SMARTS) is 1. The highest BCUT2D eigenvalue weighted by Crippen LogP contribution is 2.19. The molecule has 1 fully saturated rings. The van der Waals surface area contributed by atoms with Crippen LogP contribution in [0, 0.1) is 5.92 Å². The number of rotatable bonds is 5. The zero-order valence-corrected chi connectivity index (χ0v) is 11.1. The van der Waals surface area contributed by atoms with Gasteiger partial charge in [-0.1, -0.05) is 0 Å². The highest BCUT2D eigenvalue weighted by molar-refractivity contribution is 5.78. The molecule has 0 aliphatic carbocycles. The second-order valence-electron chi connectivity index (χ2n) is 4.71. The number of nitrogens with zero attached hydrogens (tertiary/aromatic N) is 1. The molecule has 1 aliphatic rings. The molecule has 3 amide bonds. The fourth-order valence-electron chi connectivity index (χ4n) is 2.18. The number of carbonyl (C=O) groups is 3. The van der Waals surface area contributed by atoms with Crippen LogP contribution in [0.2, 0.25) is 0 Å². The largest absolute Gasteiger partial charge is 0.481 e. The van der Waals surface area contributed by atoms with E-state index >= 15 is 0 Å². The van der Waals surface area contributed by atoms with Crippen molar-refractivity contribution < 1.29 is 19.5 Å². The van der Waals surface area contributed by atoms with Crippen LogP contribution in [0.25, 0.3) is 0 Å². The van der Waals surface area contributed by atoms with E-state index in [4.69, 9.17) is 5.11 Å². The molecule has 1 saturated heterocycles. The molecule has 1 atom stereocenters. The lowest BCUT2D eigenvalue weighted by atomic mass is 9.95. The molecule has 0 aromatic rings. The van der Waals surface area contributed by atoms with Crippen LogP contribution in [0.1, 0.15) is 25.7 Å². The number of carbonyl (C=O) groups excluding carboxylic acids is 2. The van der Waals surface area contributed by atoms with E-state index in [0.717, 1.165) is 12.8 Å². The molecule has 0 spiro atoms. The SMILES string of the molecule is CNC(=O)CCNC(=O)N1CCCC(CC(=O)O)C1. The van der Waals surface area contributed by atoms with Crippen molar-refractivity contribution in [1.82, 2.24) is 15.5 Å². The van der Waals surface area contributed by atoms with Crippen LogP contribution in [0.3, 0.4) is 0 Å². The molecular weight excluding hydrogens is 250 g/mol. The molecule has 0 bridgehead atoms. The number of amides is 3. The number of hydrogen-bond acceptors (Lipinski definition) is 3. The number of likely N-dealkylation sites (tertiary alicyclic amines) is 1. The Hall–Kier alpha value is -1.79. The van der Waals surface area contributed by atoms with Crippen molar-refractivity contribution in [1.29, 1.82) is 0 Å². The zero-order chi connectivity index (χ0) is 14.3. The van der Waals surface area contributed by atoms with Crippen molar-refractivity contribution in [2.24, 2.45) is 5.92 Å². The third-order valence-electron chi connectivity index (χ3n) is 3.18. The van der Waals surface area contributed by atoms with Gasteiger partial charge in [0.15, 0.2) is 0 Å². The predicted molar refractivity (Wildman–Crippen MR) is 68.6 cm³/mol. The molecule has 108 valence electrons. The maximum atomic E-state index is 11.8. The molecule has 3 N–H and O–H groups in total. The molecule has 0 aromatic heterocycles. The highest BCUT2D eigenvalue weighted by Gasteiger charge is 2.24. The number of aliphatic carboxylic acids is 1. The minimum atomic E-state index is -0.827. The first kappa shape index (κ1) is 15.3. The van der Waals surface area contributed by atoms with Crippen LogP contribution >= 0.6 is 0 Å². The lowest BCUT2D eigenvalue weighted by Gasteiger charge is -2.32. The molecule has 1 aliphatic heterocycles. The summed E-state index contributed by atoms with van der Waals surface area (Å²) in [7, 11) is 1.55. The van der Waals surface area contributed by atoms with E-state index in [1.807, 2.05) is 0 Å². The van der Waals surface area contributed by atoms with Crippen molar-refractivity contribution in [3.63, 3.8) is 0 Å². The molecule has 7 nitrogen and oxygen atoms in total. The first-order chi connectivity index (χ1) is 9.02. The quantitative estimate of drug-likeness (QED) is 0.656. The summed E-state index contributed by atoms with van der Waals surface area (Å²) < 4.78 is 0. The molecule has 0 saturated carbocycles. The maximum absolute atomic E-state index is 11.8. The van der Waals surface area contributed by atoms with Gasteiger partial charge in [-0.15, -0.1) is 0 Å². The van der Waals surface area contributed by atoms with Gasteiger partial charge in [-0.25, -0.2) is 4.79 Å². The summed E-state index contributed by atoms with van der Waals surface area (Å²) in [6.45, 7) is 1.40.